The van der Waals surface area contributed by atoms with Crippen LogP contribution in [0.4, 0.5) is 0 Å². The Hall–Kier alpha value is -1.40. The maximum absolute atomic E-state index is 11.1. The van der Waals surface area contributed by atoms with Gasteiger partial charge in [0.25, 0.3) is 10.1 Å². The highest BCUT2D eigenvalue weighted by Gasteiger charge is 2.13. The van der Waals surface area contributed by atoms with Crippen molar-refractivity contribution < 1.29 is 22.9 Å². The molecule has 1 rings (SSSR count). The van der Waals surface area contributed by atoms with E-state index in [0.29, 0.717) is 5.56 Å². The second-order valence-corrected chi connectivity index (χ2v) is 4.56. The summed E-state index contributed by atoms with van der Waals surface area (Å²) in [7, 11) is -4.27. The average Bonchev–Trinajstić information content (AvgIpc) is 1.99. The molecule has 0 spiro atoms. The van der Waals surface area contributed by atoms with Crippen LogP contribution in [-0.4, -0.2) is 29.6 Å². The number of hydrogen-bond donors (Lipinski definition) is 2. The molecule has 1 aromatic carbocycles. The van der Waals surface area contributed by atoms with Crippen molar-refractivity contribution in [3.8, 4) is 5.75 Å². The minimum atomic E-state index is -4.27. The van der Waals surface area contributed by atoms with Crippen LogP contribution in [0.1, 0.15) is 5.56 Å². The van der Waals surface area contributed by atoms with Crippen LogP contribution >= 0.6 is 0 Å². The van der Waals surface area contributed by atoms with Gasteiger partial charge in [0.05, 0.1) is 0 Å². The molecular weight excluding hydrogens is 220 g/mol. The number of phenolic OH excluding ortho intramolecular Hbond substituents is 1. The molecule has 6 heteroatoms. The van der Waals surface area contributed by atoms with Crippen molar-refractivity contribution in [3.63, 3.8) is 0 Å². The molecule has 0 bridgehead atoms. The van der Waals surface area contributed by atoms with Crippen LogP contribution < -0.4 is 0 Å². The highest BCUT2D eigenvalue weighted by molar-refractivity contribution is 7.86. The SMILES string of the molecule is O=C(Cc1cccc(O)c1)CS(=O)(=O)O. The molecule has 15 heavy (non-hydrogen) atoms. The summed E-state index contributed by atoms with van der Waals surface area (Å²) in [6.45, 7) is 0. The van der Waals surface area contributed by atoms with E-state index in [1.165, 1.54) is 12.1 Å². The molecule has 0 radical (unpaired) electrons. The summed E-state index contributed by atoms with van der Waals surface area (Å²) >= 11 is 0. The third kappa shape index (κ3) is 4.57. The lowest BCUT2D eigenvalue weighted by Gasteiger charge is -2.00. The second kappa shape index (κ2) is 4.41. The Balaban J connectivity index is 2.67. The molecule has 0 aromatic heterocycles. The summed E-state index contributed by atoms with van der Waals surface area (Å²) in [6, 6.07) is 5.94. The monoisotopic (exact) mass is 230 g/mol. The van der Waals surface area contributed by atoms with E-state index >= 15 is 0 Å². The minimum Gasteiger partial charge on any atom is -0.508 e. The Morgan fingerprint density at radius 1 is 1.33 bits per heavy atom. The number of aromatic hydroxyl groups is 1. The molecule has 0 saturated heterocycles. The van der Waals surface area contributed by atoms with Crippen molar-refractivity contribution in [2.75, 3.05) is 5.75 Å². The first-order valence-corrected chi connectivity index (χ1v) is 5.72. The fraction of sp³-hybridized carbons (Fsp3) is 0.222. The van der Waals surface area contributed by atoms with Gasteiger partial charge in [-0.05, 0) is 17.7 Å². The summed E-state index contributed by atoms with van der Waals surface area (Å²) in [6.07, 6.45) is -0.131. The Kier molecular flexibility index (Phi) is 3.43. The van der Waals surface area contributed by atoms with E-state index in [4.69, 9.17) is 9.66 Å². The lowest BCUT2D eigenvalue weighted by molar-refractivity contribution is -0.116. The summed E-state index contributed by atoms with van der Waals surface area (Å²) in [4.78, 5) is 11.1. The predicted molar refractivity (Wildman–Crippen MR) is 53.2 cm³/mol. The molecule has 0 amide bonds. The van der Waals surface area contributed by atoms with Crippen molar-refractivity contribution in [2.24, 2.45) is 0 Å². The van der Waals surface area contributed by atoms with Crippen molar-refractivity contribution in [3.05, 3.63) is 29.8 Å². The third-order valence-corrected chi connectivity index (χ3v) is 2.34. The Morgan fingerprint density at radius 3 is 2.53 bits per heavy atom. The van der Waals surface area contributed by atoms with Gasteiger partial charge >= 0.3 is 0 Å². The van der Waals surface area contributed by atoms with Gasteiger partial charge in [-0.1, -0.05) is 12.1 Å². The molecule has 0 heterocycles. The minimum absolute atomic E-state index is 0.00663. The summed E-state index contributed by atoms with van der Waals surface area (Å²) in [5, 5.41) is 9.08. The molecule has 0 saturated carbocycles. The van der Waals surface area contributed by atoms with E-state index in [9.17, 15) is 13.2 Å². The van der Waals surface area contributed by atoms with Gasteiger partial charge in [-0.3, -0.25) is 9.35 Å². The van der Waals surface area contributed by atoms with E-state index in [0.717, 1.165) is 0 Å². The van der Waals surface area contributed by atoms with Crippen LogP contribution in [0.15, 0.2) is 24.3 Å². The number of ketones is 1. The van der Waals surface area contributed by atoms with Gasteiger partial charge in [0.1, 0.15) is 11.5 Å². The molecular formula is C9H10O5S. The van der Waals surface area contributed by atoms with E-state index < -0.39 is 21.7 Å². The van der Waals surface area contributed by atoms with Crippen LogP contribution in [0.3, 0.4) is 0 Å². The van der Waals surface area contributed by atoms with Crippen LogP contribution in [0.5, 0.6) is 5.75 Å². The van der Waals surface area contributed by atoms with E-state index in [1.807, 2.05) is 0 Å². The number of rotatable bonds is 4. The van der Waals surface area contributed by atoms with Gasteiger partial charge in [-0.2, -0.15) is 8.42 Å². The topological polar surface area (TPSA) is 91.7 Å². The lowest BCUT2D eigenvalue weighted by atomic mass is 10.1. The lowest BCUT2D eigenvalue weighted by Crippen LogP contribution is -2.16. The molecule has 0 atom stereocenters. The smallest absolute Gasteiger partial charge is 0.272 e. The Labute approximate surface area is 87.1 Å². The molecule has 0 aliphatic carbocycles. The fourth-order valence-corrected chi connectivity index (χ4v) is 1.66. The summed E-state index contributed by atoms with van der Waals surface area (Å²) in [5.41, 5.74) is 0.503. The van der Waals surface area contributed by atoms with E-state index in [2.05, 4.69) is 0 Å². The second-order valence-electron chi connectivity index (χ2n) is 3.11. The van der Waals surface area contributed by atoms with E-state index in [-0.39, 0.29) is 12.2 Å². The van der Waals surface area contributed by atoms with Gasteiger partial charge in [-0.25, -0.2) is 0 Å². The van der Waals surface area contributed by atoms with Crippen LogP contribution in [0.25, 0.3) is 0 Å². The fourth-order valence-electron chi connectivity index (χ4n) is 1.15. The quantitative estimate of drug-likeness (QED) is 0.730. The number of carbonyl (C=O) groups excluding carboxylic acids is 1. The zero-order valence-electron chi connectivity index (χ0n) is 7.75. The standard InChI is InChI=1S/C9H10O5S/c10-8-3-1-2-7(4-8)5-9(11)6-15(12,13)14/h1-4,10H,5-6H2,(H,12,13,14). The molecule has 2 N–H and O–H groups in total. The molecule has 0 unspecified atom stereocenters. The maximum atomic E-state index is 11.1. The zero-order valence-corrected chi connectivity index (χ0v) is 8.57. The first-order valence-electron chi connectivity index (χ1n) is 4.11. The van der Waals surface area contributed by atoms with Crippen molar-refractivity contribution in [1.29, 1.82) is 0 Å². The molecule has 1 aromatic rings. The number of hydrogen-bond acceptors (Lipinski definition) is 4. The van der Waals surface area contributed by atoms with Crippen LogP contribution in [0.2, 0.25) is 0 Å². The molecule has 82 valence electrons. The van der Waals surface area contributed by atoms with Gasteiger partial charge in [0.15, 0.2) is 5.78 Å². The molecule has 0 aliphatic rings. The van der Waals surface area contributed by atoms with Gasteiger partial charge in [0, 0.05) is 6.42 Å². The van der Waals surface area contributed by atoms with Gasteiger partial charge in [-0.15, -0.1) is 0 Å². The van der Waals surface area contributed by atoms with Crippen molar-refractivity contribution in [1.82, 2.24) is 0 Å². The number of carbonyl (C=O) groups is 1. The summed E-state index contributed by atoms with van der Waals surface area (Å²) in [5.74, 6) is -1.52. The highest BCUT2D eigenvalue weighted by Crippen LogP contribution is 2.11. The van der Waals surface area contributed by atoms with Crippen molar-refractivity contribution in [2.45, 2.75) is 6.42 Å². The van der Waals surface area contributed by atoms with Crippen LogP contribution in [-0.2, 0) is 21.3 Å². The largest absolute Gasteiger partial charge is 0.508 e. The predicted octanol–water partition coefficient (Wildman–Crippen LogP) is 0.392. The third-order valence-electron chi connectivity index (χ3n) is 1.66. The Morgan fingerprint density at radius 2 is 2.00 bits per heavy atom. The van der Waals surface area contributed by atoms with Crippen molar-refractivity contribution >= 4 is 15.9 Å². The number of phenols is 1. The molecule has 0 aliphatic heterocycles. The van der Waals surface area contributed by atoms with Crippen LogP contribution in [0, 0.1) is 0 Å². The number of Topliss-reactive ketones (excluding diaryl/α,β-unsaturated/α-hetero) is 1. The summed E-state index contributed by atoms with van der Waals surface area (Å²) < 4.78 is 29.2. The number of benzene rings is 1. The first-order chi connectivity index (χ1) is 6.87. The maximum Gasteiger partial charge on any atom is 0.272 e. The normalized spacial score (nSPS) is 11.3. The van der Waals surface area contributed by atoms with E-state index in [1.54, 1.807) is 12.1 Å². The van der Waals surface area contributed by atoms with Gasteiger partial charge < -0.3 is 5.11 Å². The first kappa shape index (κ1) is 11.7. The Bertz CT molecular complexity index is 463. The van der Waals surface area contributed by atoms with Gasteiger partial charge in [0.2, 0.25) is 0 Å². The molecule has 0 fully saturated rings. The zero-order chi connectivity index (χ0) is 11.5. The average molecular weight is 230 g/mol. The molecule has 5 nitrogen and oxygen atoms in total. The highest BCUT2D eigenvalue weighted by atomic mass is 32.2.